The van der Waals surface area contributed by atoms with Crippen molar-refractivity contribution in [3.8, 4) is 0 Å². The maximum Gasteiger partial charge on any atom is 0.237 e. The summed E-state index contributed by atoms with van der Waals surface area (Å²) in [6, 6.07) is 7.02. The molecule has 1 unspecified atom stereocenters. The Balaban J connectivity index is 3.18. The minimum Gasteiger partial charge on any atom is -0.310 e. The van der Waals surface area contributed by atoms with Crippen LogP contribution in [0.1, 0.15) is 18.5 Å². The van der Waals surface area contributed by atoms with Crippen LogP contribution in [0, 0.1) is 13.1 Å². The first-order chi connectivity index (χ1) is 5.79. The topological polar surface area (TPSA) is 8.72 Å². The Morgan fingerprint density at radius 1 is 1.25 bits per heavy atom. The highest BCUT2D eigenvalue weighted by Crippen LogP contribution is 2.27. The number of para-hydroxylation sites is 1. The summed E-state index contributed by atoms with van der Waals surface area (Å²) in [5.41, 5.74) is 1.41. The van der Waals surface area contributed by atoms with Crippen molar-refractivity contribution < 1.29 is 0 Å². The zero-order chi connectivity index (χ0) is 8.97. The SMILES string of the molecule is [C-]#[N+]c1ccccc1C(C)[N+]#[C-]. The van der Waals surface area contributed by atoms with E-state index >= 15 is 0 Å². The van der Waals surface area contributed by atoms with Crippen LogP contribution < -0.4 is 0 Å². The maximum absolute atomic E-state index is 6.88. The molecule has 2 heteroatoms. The molecule has 0 aliphatic rings. The average molecular weight is 156 g/mol. The molecule has 0 saturated heterocycles. The third-order valence-electron chi connectivity index (χ3n) is 1.70. The highest BCUT2D eigenvalue weighted by Gasteiger charge is 2.12. The number of hydrogen-bond donors (Lipinski definition) is 0. The Morgan fingerprint density at radius 2 is 1.92 bits per heavy atom. The highest BCUT2D eigenvalue weighted by atomic mass is 14.7. The Hall–Kier alpha value is -1.80. The van der Waals surface area contributed by atoms with Gasteiger partial charge in [-0.25, -0.2) is 11.4 Å². The van der Waals surface area contributed by atoms with Gasteiger partial charge in [-0.05, 0) is 0 Å². The van der Waals surface area contributed by atoms with Crippen molar-refractivity contribution in [2.45, 2.75) is 13.0 Å². The quantitative estimate of drug-likeness (QED) is 0.552. The lowest BCUT2D eigenvalue weighted by molar-refractivity contribution is 0.967. The molecule has 0 aliphatic heterocycles. The Labute approximate surface area is 72.1 Å². The van der Waals surface area contributed by atoms with Crippen molar-refractivity contribution in [2.75, 3.05) is 0 Å². The van der Waals surface area contributed by atoms with Gasteiger partial charge in [-0.15, -0.1) is 0 Å². The van der Waals surface area contributed by atoms with E-state index in [9.17, 15) is 0 Å². The van der Waals surface area contributed by atoms with E-state index in [1.165, 1.54) is 0 Å². The van der Waals surface area contributed by atoms with Crippen LogP contribution >= 0.6 is 0 Å². The second-order valence-electron chi connectivity index (χ2n) is 2.48. The van der Waals surface area contributed by atoms with Crippen LogP contribution in [-0.4, -0.2) is 0 Å². The minimum absolute atomic E-state index is 0.213. The zero-order valence-electron chi connectivity index (χ0n) is 6.78. The van der Waals surface area contributed by atoms with E-state index in [2.05, 4.69) is 9.69 Å². The first-order valence-corrected chi connectivity index (χ1v) is 3.62. The van der Waals surface area contributed by atoms with Crippen molar-refractivity contribution >= 4 is 5.69 Å². The van der Waals surface area contributed by atoms with E-state index in [1.807, 2.05) is 18.2 Å². The van der Waals surface area contributed by atoms with Gasteiger partial charge >= 0.3 is 0 Å². The molecule has 0 aliphatic carbocycles. The van der Waals surface area contributed by atoms with Gasteiger partial charge in [0.2, 0.25) is 6.04 Å². The molecule has 0 amide bonds. The van der Waals surface area contributed by atoms with Crippen molar-refractivity contribution in [3.05, 3.63) is 52.7 Å². The Bertz CT molecular complexity index is 355. The summed E-state index contributed by atoms with van der Waals surface area (Å²) >= 11 is 0. The molecule has 0 radical (unpaired) electrons. The predicted octanol–water partition coefficient (Wildman–Crippen LogP) is 3.22. The molecule has 58 valence electrons. The Morgan fingerprint density at radius 3 is 2.50 bits per heavy atom. The molecule has 0 fully saturated rings. The van der Waals surface area contributed by atoms with E-state index in [-0.39, 0.29) is 6.04 Å². The summed E-state index contributed by atoms with van der Waals surface area (Å²) in [6.07, 6.45) is 0. The number of benzene rings is 1. The molecule has 0 heterocycles. The van der Waals surface area contributed by atoms with Crippen molar-refractivity contribution in [3.63, 3.8) is 0 Å². The van der Waals surface area contributed by atoms with Gasteiger partial charge < -0.3 is 4.85 Å². The fraction of sp³-hybridized carbons (Fsp3) is 0.200. The van der Waals surface area contributed by atoms with Gasteiger partial charge in [0.15, 0.2) is 5.69 Å². The van der Waals surface area contributed by atoms with E-state index in [0.29, 0.717) is 5.69 Å². The summed E-state index contributed by atoms with van der Waals surface area (Å²) in [5.74, 6) is 0. The van der Waals surface area contributed by atoms with Gasteiger partial charge in [0.25, 0.3) is 0 Å². The first-order valence-electron chi connectivity index (χ1n) is 3.62. The van der Waals surface area contributed by atoms with Gasteiger partial charge in [-0.1, -0.05) is 24.3 Å². The summed E-state index contributed by atoms with van der Waals surface area (Å²) in [6.45, 7) is 15.5. The molecule has 1 aromatic rings. The third kappa shape index (κ3) is 1.44. The Kier molecular flexibility index (Phi) is 2.46. The minimum atomic E-state index is -0.213. The highest BCUT2D eigenvalue weighted by molar-refractivity contribution is 5.53. The summed E-state index contributed by atoms with van der Waals surface area (Å²) in [7, 11) is 0. The molecule has 1 rings (SSSR count). The average Bonchev–Trinajstić information content (AvgIpc) is 2.16. The molecule has 0 saturated carbocycles. The van der Waals surface area contributed by atoms with Crippen LogP contribution in [0.4, 0.5) is 5.69 Å². The largest absolute Gasteiger partial charge is 0.310 e. The van der Waals surface area contributed by atoms with Crippen LogP contribution in [0.2, 0.25) is 0 Å². The third-order valence-corrected chi connectivity index (χ3v) is 1.70. The lowest BCUT2D eigenvalue weighted by Gasteiger charge is -2.00. The molecule has 0 aromatic heterocycles. The van der Waals surface area contributed by atoms with Gasteiger partial charge in [0.05, 0.1) is 6.57 Å². The van der Waals surface area contributed by atoms with E-state index in [1.54, 1.807) is 13.0 Å². The van der Waals surface area contributed by atoms with Crippen LogP contribution in [0.15, 0.2) is 24.3 Å². The molecule has 0 spiro atoms. The molecule has 1 aromatic carbocycles. The first kappa shape index (κ1) is 8.30. The molecule has 12 heavy (non-hydrogen) atoms. The van der Waals surface area contributed by atoms with Gasteiger partial charge in [-0.3, -0.25) is 0 Å². The molecule has 0 bridgehead atoms. The monoisotopic (exact) mass is 156 g/mol. The van der Waals surface area contributed by atoms with E-state index in [0.717, 1.165) is 5.56 Å². The predicted molar refractivity (Wildman–Crippen MR) is 47.7 cm³/mol. The lowest BCUT2D eigenvalue weighted by Crippen LogP contribution is -1.85. The van der Waals surface area contributed by atoms with Gasteiger partial charge in [0, 0.05) is 12.5 Å². The summed E-state index contributed by atoms with van der Waals surface area (Å²) in [5, 5.41) is 0. The maximum atomic E-state index is 6.88. The summed E-state index contributed by atoms with van der Waals surface area (Å²) in [4.78, 5) is 6.72. The number of hydrogen-bond acceptors (Lipinski definition) is 0. The van der Waals surface area contributed by atoms with Crippen LogP contribution in [0.3, 0.4) is 0 Å². The number of rotatable bonds is 1. The molecular weight excluding hydrogens is 148 g/mol. The molecule has 0 N–H and O–H groups in total. The lowest BCUT2D eigenvalue weighted by atomic mass is 10.1. The summed E-state index contributed by atoms with van der Waals surface area (Å²) < 4.78 is 0. The van der Waals surface area contributed by atoms with Gasteiger partial charge in [-0.2, -0.15) is 0 Å². The van der Waals surface area contributed by atoms with E-state index in [4.69, 9.17) is 13.1 Å². The fourth-order valence-corrected chi connectivity index (χ4v) is 1.01. The standard InChI is InChI=1S/C10H8N2/c1-8(11-2)9-6-4-5-7-10(9)12-3/h4-8H,1H3. The van der Waals surface area contributed by atoms with Gasteiger partial charge in [0.1, 0.15) is 0 Å². The van der Waals surface area contributed by atoms with Crippen molar-refractivity contribution in [2.24, 2.45) is 0 Å². The van der Waals surface area contributed by atoms with Crippen LogP contribution in [0.25, 0.3) is 9.69 Å². The second kappa shape index (κ2) is 3.55. The number of nitrogens with zero attached hydrogens (tertiary/aromatic N) is 2. The molecule has 2 nitrogen and oxygen atoms in total. The molecular formula is C10H8N2. The molecule has 1 atom stereocenters. The normalized spacial score (nSPS) is 11.2. The fourth-order valence-electron chi connectivity index (χ4n) is 1.01. The smallest absolute Gasteiger partial charge is 0.237 e. The second-order valence-corrected chi connectivity index (χ2v) is 2.48. The van der Waals surface area contributed by atoms with Crippen molar-refractivity contribution in [1.29, 1.82) is 0 Å². The van der Waals surface area contributed by atoms with Crippen molar-refractivity contribution in [1.82, 2.24) is 0 Å². The zero-order valence-corrected chi connectivity index (χ0v) is 6.78. The van der Waals surface area contributed by atoms with Crippen LogP contribution in [-0.2, 0) is 0 Å². The van der Waals surface area contributed by atoms with E-state index < -0.39 is 0 Å². The van der Waals surface area contributed by atoms with Crippen LogP contribution in [0.5, 0.6) is 0 Å².